The van der Waals surface area contributed by atoms with Crippen molar-refractivity contribution in [2.24, 2.45) is 5.92 Å². The van der Waals surface area contributed by atoms with Crippen molar-refractivity contribution in [3.63, 3.8) is 0 Å². The van der Waals surface area contributed by atoms with E-state index in [0.717, 1.165) is 58.2 Å². The molecule has 3 aliphatic rings. The molecule has 1 spiro atoms. The van der Waals surface area contributed by atoms with E-state index in [4.69, 9.17) is 4.74 Å². The second-order valence-corrected chi connectivity index (χ2v) is 8.05. The summed E-state index contributed by atoms with van der Waals surface area (Å²) in [4.78, 5) is 27.1. The second-order valence-electron chi connectivity index (χ2n) is 8.05. The largest absolute Gasteiger partial charge is 0.458 e. The average molecular weight is 356 g/mol. The quantitative estimate of drug-likeness (QED) is 0.843. The van der Waals surface area contributed by atoms with Crippen molar-refractivity contribution in [2.75, 3.05) is 13.1 Å². The van der Waals surface area contributed by atoms with Gasteiger partial charge in [0.2, 0.25) is 5.91 Å². The number of nitrogens with zero attached hydrogens (tertiary/aromatic N) is 1. The minimum Gasteiger partial charge on any atom is -0.458 e. The second kappa shape index (κ2) is 7.39. The zero-order valence-electron chi connectivity index (χ0n) is 15.3. The van der Waals surface area contributed by atoms with Gasteiger partial charge in [0.1, 0.15) is 5.60 Å². The third-order valence-corrected chi connectivity index (χ3v) is 6.27. The number of carbonyl (C=O) groups excluding carboxylic acids is 2. The van der Waals surface area contributed by atoms with Gasteiger partial charge in [0.25, 0.3) is 0 Å². The van der Waals surface area contributed by atoms with Gasteiger partial charge in [-0.25, -0.2) is 0 Å². The fourth-order valence-electron chi connectivity index (χ4n) is 4.83. The van der Waals surface area contributed by atoms with Gasteiger partial charge in [0.15, 0.2) is 0 Å². The lowest BCUT2D eigenvalue weighted by molar-refractivity contribution is -0.150. The van der Waals surface area contributed by atoms with E-state index in [-0.39, 0.29) is 30.3 Å². The van der Waals surface area contributed by atoms with Crippen molar-refractivity contribution in [2.45, 2.75) is 63.1 Å². The average Bonchev–Trinajstić information content (AvgIpc) is 3.24. The van der Waals surface area contributed by atoms with E-state index in [1.807, 2.05) is 6.07 Å². The molecular weight excluding hydrogens is 328 g/mol. The molecule has 140 valence electrons. The Bertz CT molecular complexity index is 646. The number of hydrogen-bond donors (Lipinski definition) is 1. The van der Waals surface area contributed by atoms with Gasteiger partial charge in [0.05, 0.1) is 12.3 Å². The molecule has 5 heteroatoms. The van der Waals surface area contributed by atoms with Crippen LogP contribution >= 0.6 is 0 Å². The van der Waals surface area contributed by atoms with E-state index in [1.165, 1.54) is 5.56 Å². The number of carbonyl (C=O) groups is 2. The topological polar surface area (TPSA) is 58.6 Å². The molecule has 1 atom stereocenters. The normalized spacial score (nSPS) is 26.2. The molecule has 2 aliphatic heterocycles. The van der Waals surface area contributed by atoms with E-state index in [2.05, 4.69) is 34.5 Å². The van der Waals surface area contributed by atoms with E-state index in [0.29, 0.717) is 0 Å². The van der Waals surface area contributed by atoms with Crippen LogP contribution in [0.2, 0.25) is 0 Å². The van der Waals surface area contributed by atoms with Gasteiger partial charge in [-0.3, -0.25) is 14.5 Å². The molecule has 1 N–H and O–H groups in total. The highest BCUT2D eigenvalue weighted by Crippen LogP contribution is 2.45. The molecule has 2 saturated heterocycles. The first-order valence-corrected chi connectivity index (χ1v) is 9.93. The Hall–Kier alpha value is -1.88. The summed E-state index contributed by atoms with van der Waals surface area (Å²) in [5.41, 5.74) is 0.828. The van der Waals surface area contributed by atoms with E-state index in [9.17, 15) is 9.59 Å². The van der Waals surface area contributed by atoms with E-state index < -0.39 is 5.60 Å². The Morgan fingerprint density at radius 2 is 1.85 bits per heavy atom. The van der Waals surface area contributed by atoms with Crippen molar-refractivity contribution in [1.82, 2.24) is 10.2 Å². The Balaban J connectivity index is 1.29. The Morgan fingerprint density at radius 1 is 1.15 bits per heavy atom. The maximum absolute atomic E-state index is 12.8. The Kier molecular flexibility index (Phi) is 4.98. The zero-order valence-corrected chi connectivity index (χ0v) is 15.3. The van der Waals surface area contributed by atoms with Crippen LogP contribution in [0.4, 0.5) is 0 Å². The van der Waals surface area contributed by atoms with Gasteiger partial charge in [-0.15, -0.1) is 0 Å². The first kappa shape index (κ1) is 17.5. The number of rotatable bonds is 4. The molecule has 3 fully saturated rings. The number of hydrogen-bond acceptors (Lipinski definition) is 4. The number of piperidine rings is 1. The number of ether oxygens (including phenoxy) is 1. The van der Waals surface area contributed by atoms with Crippen LogP contribution in [0.5, 0.6) is 0 Å². The standard InChI is InChI=1S/C21H28N2O3/c24-19-14-18(21(26-19)10-4-5-11-21)20(25)22-17-8-12-23(13-9-17)15-16-6-2-1-3-7-16/h1-3,6-7,17-18H,4-5,8-15H2,(H,22,25)/t18-/m0/s1. The number of likely N-dealkylation sites (tertiary alicyclic amines) is 1. The van der Waals surface area contributed by atoms with Gasteiger partial charge in [-0.2, -0.15) is 0 Å². The molecule has 26 heavy (non-hydrogen) atoms. The molecule has 1 amide bonds. The minimum absolute atomic E-state index is 0.0271. The summed E-state index contributed by atoms with van der Waals surface area (Å²) < 4.78 is 5.61. The fraction of sp³-hybridized carbons (Fsp3) is 0.619. The van der Waals surface area contributed by atoms with E-state index in [1.54, 1.807) is 0 Å². The number of nitrogens with one attached hydrogen (secondary N) is 1. The monoisotopic (exact) mass is 356 g/mol. The lowest BCUT2D eigenvalue weighted by Gasteiger charge is -2.34. The molecule has 1 aromatic carbocycles. The van der Waals surface area contributed by atoms with Crippen LogP contribution in [0.25, 0.3) is 0 Å². The summed E-state index contributed by atoms with van der Waals surface area (Å²) in [5, 5.41) is 3.22. The number of amides is 1. The van der Waals surface area contributed by atoms with Crippen LogP contribution in [-0.2, 0) is 20.9 Å². The lowest BCUT2D eigenvalue weighted by Crippen LogP contribution is -2.49. The van der Waals surface area contributed by atoms with E-state index >= 15 is 0 Å². The summed E-state index contributed by atoms with van der Waals surface area (Å²) in [6.07, 6.45) is 5.96. The summed E-state index contributed by atoms with van der Waals surface area (Å²) >= 11 is 0. The SMILES string of the molecule is O=C1C[C@@H](C(=O)NC2CCN(Cc3ccccc3)CC2)C2(CCCC2)O1. The first-order chi connectivity index (χ1) is 12.6. The van der Waals surface area contributed by atoms with Crippen LogP contribution in [0, 0.1) is 5.92 Å². The molecule has 1 saturated carbocycles. The Labute approximate surface area is 155 Å². The van der Waals surface area contributed by atoms with Gasteiger partial charge >= 0.3 is 5.97 Å². The van der Waals surface area contributed by atoms with Crippen LogP contribution in [-0.4, -0.2) is 41.5 Å². The predicted molar refractivity (Wildman–Crippen MR) is 98.3 cm³/mol. The third kappa shape index (κ3) is 3.63. The maximum Gasteiger partial charge on any atom is 0.307 e. The zero-order chi connectivity index (χ0) is 18.0. The summed E-state index contributed by atoms with van der Waals surface area (Å²) in [6.45, 7) is 2.95. The molecule has 5 nitrogen and oxygen atoms in total. The van der Waals surface area contributed by atoms with Crippen LogP contribution < -0.4 is 5.32 Å². The van der Waals surface area contributed by atoms with Crippen molar-refractivity contribution in [3.05, 3.63) is 35.9 Å². The predicted octanol–water partition coefficient (Wildman–Crippen LogP) is 2.64. The number of esters is 1. The van der Waals surface area contributed by atoms with Crippen molar-refractivity contribution in [1.29, 1.82) is 0 Å². The Morgan fingerprint density at radius 3 is 2.54 bits per heavy atom. The highest BCUT2D eigenvalue weighted by atomic mass is 16.6. The van der Waals surface area contributed by atoms with Crippen molar-refractivity contribution < 1.29 is 14.3 Å². The fourth-order valence-corrected chi connectivity index (χ4v) is 4.83. The maximum atomic E-state index is 12.8. The molecular formula is C21H28N2O3. The van der Waals surface area contributed by atoms with Crippen molar-refractivity contribution in [3.8, 4) is 0 Å². The van der Waals surface area contributed by atoms with Crippen LogP contribution in [0.15, 0.2) is 30.3 Å². The van der Waals surface area contributed by atoms with Crippen LogP contribution in [0.1, 0.15) is 50.5 Å². The molecule has 4 rings (SSSR count). The highest BCUT2D eigenvalue weighted by molar-refractivity contribution is 5.88. The van der Waals surface area contributed by atoms with Gasteiger partial charge < -0.3 is 10.1 Å². The minimum atomic E-state index is -0.505. The molecule has 1 aliphatic carbocycles. The van der Waals surface area contributed by atoms with Gasteiger partial charge in [0, 0.05) is 25.7 Å². The third-order valence-electron chi connectivity index (χ3n) is 6.27. The molecule has 2 heterocycles. The summed E-state index contributed by atoms with van der Waals surface area (Å²) in [6, 6.07) is 10.7. The summed E-state index contributed by atoms with van der Waals surface area (Å²) in [7, 11) is 0. The lowest BCUT2D eigenvalue weighted by atomic mass is 9.84. The van der Waals surface area contributed by atoms with Gasteiger partial charge in [-0.1, -0.05) is 30.3 Å². The first-order valence-electron chi connectivity index (χ1n) is 9.93. The molecule has 0 aromatic heterocycles. The molecule has 0 bridgehead atoms. The van der Waals surface area contributed by atoms with Crippen LogP contribution in [0.3, 0.4) is 0 Å². The summed E-state index contributed by atoms with van der Waals surface area (Å²) in [5.74, 6) is -0.469. The number of benzene rings is 1. The highest BCUT2D eigenvalue weighted by Gasteiger charge is 2.54. The van der Waals surface area contributed by atoms with Gasteiger partial charge in [-0.05, 0) is 44.1 Å². The molecule has 1 aromatic rings. The molecule has 0 unspecified atom stereocenters. The van der Waals surface area contributed by atoms with Crippen molar-refractivity contribution >= 4 is 11.9 Å². The smallest absolute Gasteiger partial charge is 0.307 e. The molecule has 0 radical (unpaired) electrons.